The first-order valence-electron chi connectivity index (χ1n) is 8.30. The van der Waals surface area contributed by atoms with Gasteiger partial charge in [0.2, 0.25) is 0 Å². The lowest BCUT2D eigenvalue weighted by Gasteiger charge is -2.11. The highest BCUT2D eigenvalue weighted by atomic mass is 35.5. The number of nitrogens with one attached hydrogen (secondary N) is 2. The minimum atomic E-state index is 0.461. The highest BCUT2D eigenvalue weighted by molar-refractivity contribution is 6.30. The SMILES string of the molecule is CCC(CC)c1cc(CNC(=NC)NCc2cccc(Cl)c2)on1. The summed E-state index contributed by atoms with van der Waals surface area (Å²) in [6, 6.07) is 9.77. The Morgan fingerprint density at radius 3 is 2.62 bits per heavy atom. The van der Waals surface area contributed by atoms with Gasteiger partial charge in [0.1, 0.15) is 0 Å². The summed E-state index contributed by atoms with van der Waals surface area (Å²) in [5.74, 6) is 1.97. The molecule has 0 saturated heterocycles. The second kappa shape index (κ2) is 9.33. The summed E-state index contributed by atoms with van der Waals surface area (Å²) in [5.41, 5.74) is 2.12. The number of hydrogen-bond acceptors (Lipinski definition) is 3. The first-order chi connectivity index (χ1) is 11.7. The van der Waals surface area contributed by atoms with Crippen molar-refractivity contribution in [1.82, 2.24) is 15.8 Å². The Labute approximate surface area is 148 Å². The van der Waals surface area contributed by atoms with Crippen LogP contribution in [0.4, 0.5) is 0 Å². The molecule has 2 aromatic rings. The molecule has 0 saturated carbocycles. The topological polar surface area (TPSA) is 62.5 Å². The van der Waals surface area contributed by atoms with Crippen LogP contribution in [-0.2, 0) is 13.1 Å². The molecule has 0 fully saturated rings. The monoisotopic (exact) mass is 348 g/mol. The summed E-state index contributed by atoms with van der Waals surface area (Å²) in [4.78, 5) is 4.21. The Morgan fingerprint density at radius 2 is 1.96 bits per heavy atom. The molecule has 24 heavy (non-hydrogen) atoms. The van der Waals surface area contributed by atoms with Gasteiger partial charge in [-0.1, -0.05) is 42.7 Å². The number of hydrogen-bond donors (Lipinski definition) is 2. The molecule has 1 aromatic heterocycles. The third-order valence-corrected chi connectivity index (χ3v) is 4.22. The van der Waals surface area contributed by atoms with Gasteiger partial charge in [0, 0.05) is 30.6 Å². The summed E-state index contributed by atoms with van der Waals surface area (Å²) in [6.45, 7) is 5.53. The predicted octanol–water partition coefficient (Wildman–Crippen LogP) is 4.10. The molecule has 2 N–H and O–H groups in total. The fourth-order valence-corrected chi connectivity index (χ4v) is 2.75. The Hall–Kier alpha value is -2.01. The first-order valence-corrected chi connectivity index (χ1v) is 8.68. The standard InChI is InChI=1S/C18H25ClN4O/c1-4-14(5-2)17-10-16(24-23-17)12-22-18(20-3)21-11-13-7-6-8-15(19)9-13/h6-10,14H,4-5,11-12H2,1-3H3,(H2,20,21,22). The Kier molecular flexibility index (Phi) is 7.12. The van der Waals surface area contributed by atoms with Gasteiger partial charge in [-0.25, -0.2) is 0 Å². The molecular formula is C18H25ClN4O. The summed E-state index contributed by atoms with van der Waals surface area (Å²) < 4.78 is 5.41. The number of aromatic nitrogens is 1. The number of benzene rings is 1. The zero-order chi connectivity index (χ0) is 17.4. The molecule has 2 rings (SSSR count). The zero-order valence-electron chi connectivity index (χ0n) is 14.5. The molecule has 0 aliphatic heterocycles. The molecule has 1 aromatic carbocycles. The van der Waals surface area contributed by atoms with E-state index in [4.69, 9.17) is 16.1 Å². The Bertz CT molecular complexity index is 665. The Balaban J connectivity index is 1.85. The van der Waals surface area contributed by atoms with Crippen LogP contribution in [0.25, 0.3) is 0 Å². The molecule has 0 bridgehead atoms. The second-order valence-corrected chi connectivity index (χ2v) is 6.08. The smallest absolute Gasteiger partial charge is 0.191 e. The summed E-state index contributed by atoms with van der Waals surface area (Å²) in [6.07, 6.45) is 2.14. The van der Waals surface area contributed by atoms with E-state index in [0.29, 0.717) is 25.0 Å². The van der Waals surface area contributed by atoms with Gasteiger partial charge < -0.3 is 15.2 Å². The molecule has 1 heterocycles. The first kappa shape index (κ1) is 18.3. The molecule has 130 valence electrons. The number of nitrogens with zero attached hydrogens (tertiary/aromatic N) is 2. The van der Waals surface area contributed by atoms with E-state index >= 15 is 0 Å². The van der Waals surface area contributed by atoms with Gasteiger partial charge in [-0.3, -0.25) is 4.99 Å². The van der Waals surface area contributed by atoms with E-state index in [1.807, 2.05) is 30.3 Å². The van der Waals surface area contributed by atoms with Crippen LogP contribution in [0.1, 0.15) is 49.6 Å². The van der Waals surface area contributed by atoms with E-state index in [2.05, 4.69) is 34.6 Å². The van der Waals surface area contributed by atoms with Crippen molar-refractivity contribution in [3.05, 3.63) is 52.4 Å². The molecule has 0 radical (unpaired) electrons. The molecule has 0 aliphatic rings. The zero-order valence-corrected chi connectivity index (χ0v) is 15.2. The van der Waals surface area contributed by atoms with Gasteiger partial charge in [0.15, 0.2) is 11.7 Å². The number of aliphatic imine (C=N–C) groups is 1. The van der Waals surface area contributed by atoms with Crippen LogP contribution in [0.15, 0.2) is 39.8 Å². The van der Waals surface area contributed by atoms with Crippen molar-refractivity contribution in [3.8, 4) is 0 Å². The average Bonchev–Trinajstić information content (AvgIpc) is 3.05. The van der Waals surface area contributed by atoms with E-state index in [1.165, 1.54) is 0 Å². The van der Waals surface area contributed by atoms with Crippen molar-refractivity contribution < 1.29 is 4.52 Å². The van der Waals surface area contributed by atoms with E-state index in [-0.39, 0.29) is 0 Å². The molecular weight excluding hydrogens is 324 g/mol. The molecule has 5 nitrogen and oxygen atoms in total. The fourth-order valence-electron chi connectivity index (χ4n) is 2.54. The quantitative estimate of drug-likeness (QED) is 0.584. The molecule has 0 spiro atoms. The van der Waals surface area contributed by atoms with Crippen molar-refractivity contribution in [3.63, 3.8) is 0 Å². The molecule has 6 heteroatoms. The maximum Gasteiger partial charge on any atom is 0.191 e. The van der Waals surface area contributed by atoms with Crippen molar-refractivity contribution in [2.24, 2.45) is 4.99 Å². The third-order valence-electron chi connectivity index (χ3n) is 3.98. The summed E-state index contributed by atoms with van der Waals surface area (Å²) >= 11 is 5.99. The Morgan fingerprint density at radius 1 is 1.21 bits per heavy atom. The normalized spacial score (nSPS) is 11.8. The second-order valence-electron chi connectivity index (χ2n) is 5.64. The van der Waals surface area contributed by atoms with Crippen LogP contribution in [0.2, 0.25) is 5.02 Å². The molecule has 0 aliphatic carbocycles. The maximum atomic E-state index is 5.99. The lowest BCUT2D eigenvalue weighted by atomic mass is 9.99. The summed E-state index contributed by atoms with van der Waals surface area (Å²) in [5, 5.41) is 11.4. The van der Waals surface area contributed by atoms with Crippen LogP contribution in [-0.4, -0.2) is 18.2 Å². The molecule has 0 amide bonds. The van der Waals surface area contributed by atoms with Crippen molar-refractivity contribution in [2.75, 3.05) is 7.05 Å². The minimum absolute atomic E-state index is 0.461. The minimum Gasteiger partial charge on any atom is -0.359 e. The van der Waals surface area contributed by atoms with Gasteiger partial charge in [0.05, 0.1) is 12.2 Å². The van der Waals surface area contributed by atoms with Gasteiger partial charge >= 0.3 is 0 Å². The van der Waals surface area contributed by atoms with E-state index in [1.54, 1.807) is 7.05 Å². The van der Waals surface area contributed by atoms with Crippen LogP contribution in [0.3, 0.4) is 0 Å². The van der Waals surface area contributed by atoms with Crippen molar-refractivity contribution in [1.29, 1.82) is 0 Å². The van der Waals surface area contributed by atoms with E-state index in [0.717, 1.165) is 34.9 Å². The average molecular weight is 349 g/mol. The highest BCUT2D eigenvalue weighted by Crippen LogP contribution is 2.22. The van der Waals surface area contributed by atoms with Crippen molar-refractivity contribution in [2.45, 2.75) is 45.7 Å². The molecule has 0 atom stereocenters. The fraction of sp³-hybridized carbons (Fsp3) is 0.444. The number of guanidine groups is 1. The van der Waals surface area contributed by atoms with Crippen molar-refractivity contribution >= 4 is 17.6 Å². The van der Waals surface area contributed by atoms with Gasteiger partial charge in [-0.05, 0) is 30.5 Å². The summed E-state index contributed by atoms with van der Waals surface area (Å²) in [7, 11) is 1.74. The van der Waals surface area contributed by atoms with Crippen LogP contribution < -0.4 is 10.6 Å². The molecule has 0 unspecified atom stereocenters. The van der Waals surface area contributed by atoms with E-state index < -0.39 is 0 Å². The van der Waals surface area contributed by atoms with Crippen LogP contribution in [0, 0.1) is 0 Å². The number of halogens is 1. The maximum absolute atomic E-state index is 5.99. The third kappa shape index (κ3) is 5.27. The van der Waals surface area contributed by atoms with Gasteiger partial charge in [-0.2, -0.15) is 0 Å². The largest absolute Gasteiger partial charge is 0.359 e. The lowest BCUT2D eigenvalue weighted by Crippen LogP contribution is -2.36. The van der Waals surface area contributed by atoms with Crippen LogP contribution >= 0.6 is 11.6 Å². The van der Waals surface area contributed by atoms with Gasteiger partial charge in [0.25, 0.3) is 0 Å². The predicted molar refractivity (Wildman–Crippen MR) is 98.3 cm³/mol. The highest BCUT2D eigenvalue weighted by Gasteiger charge is 2.13. The lowest BCUT2D eigenvalue weighted by molar-refractivity contribution is 0.368. The van der Waals surface area contributed by atoms with Crippen LogP contribution in [0.5, 0.6) is 0 Å². The van der Waals surface area contributed by atoms with Gasteiger partial charge in [-0.15, -0.1) is 0 Å². The van der Waals surface area contributed by atoms with E-state index in [9.17, 15) is 0 Å². The number of rotatable bonds is 7.